The average Bonchev–Trinajstić information content (AvgIpc) is 2.99. The molecule has 0 saturated carbocycles. The number of benzene rings is 1. The molecule has 0 spiro atoms. The molecule has 1 amide bonds. The van der Waals surface area contributed by atoms with E-state index in [1.165, 1.54) is 0 Å². The summed E-state index contributed by atoms with van der Waals surface area (Å²) in [6.07, 6.45) is 1.69. The first-order chi connectivity index (χ1) is 13.7. The van der Waals surface area contributed by atoms with Crippen LogP contribution < -0.4 is 11.1 Å². The van der Waals surface area contributed by atoms with Crippen LogP contribution in [0.25, 0.3) is 21.8 Å². The third-order valence-corrected chi connectivity index (χ3v) is 5.44. The fraction of sp³-hybridized carbons (Fsp3) is 0.429. The lowest BCUT2D eigenvalue weighted by molar-refractivity contribution is -0.143. The third kappa shape index (κ3) is 4.09. The number of H-pyrrole nitrogens is 1. The van der Waals surface area contributed by atoms with Crippen LogP contribution in [0.2, 0.25) is 5.02 Å². The zero-order valence-corrected chi connectivity index (χ0v) is 17.6. The summed E-state index contributed by atoms with van der Waals surface area (Å²) in [5.74, 6) is 0.336. The maximum absolute atomic E-state index is 13.1. The molecule has 2 unspecified atom stereocenters. The number of aromatic amines is 1. The van der Waals surface area contributed by atoms with Crippen molar-refractivity contribution in [1.82, 2.24) is 14.9 Å². The van der Waals surface area contributed by atoms with E-state index in [0.29, 0.717) is 30.5 Å². The van der Waals surface area contributed by atoms with Crippen LogP contribution in [-0.4, -0.2) is 58.2 Å². The van der Waals surface area contributed by atoms with E-state index in [1.807, 2.05) is 45.0 Å². The van der Waals surface area contributed by atoms with Gasteiger partial charge in [0.1, 0.15) is 6.04 Å². The minimum atomic E-state index is -0.426. The van der Waals surface area contributed by atoms with E-state index < -0.39 is 6.04 Å². The third-order valence-electron chi connectivity index (χ3n) is 5.21. The molecule has 1 aliphatic rings. The first-order valence-electron chi connectivity index (χ1n) is 9.74. The van der Waals surface area contributed by atoms with Gasteiger partial charge in [0.05, 0.1) is 17.7 Å². The highest BCUT2D eigenvalue weighted by molar-refractivity contribution is 6.32. The summed E-state index contributed by atoms with van der Waals surface area (Å²) in [5.41, 5.74) is 7.41. The number of fused-ring (bicyclic) bond motifs is 3. The van der Waals surface area contributed by atoms with Crippen LogP contribution in [0.4, 0.5) is 5.82 Å². The Morgan fingerprint density at radius 2 is 2.24 bits per heavy atom. The fourth-order valence-electron chi connectivity index (χ4n) is 3.95. The molecular formula is C21H26ClN5O2. The molecule has 0 aliphatic carbocycles. The molecule has 1 aromatic carbocycles. The van der Waals surface area contributed by atoms with Crippen molar-refractivity contribution in [3.05, 3.63) is 35.5 Å². The molecule has 3 heterocycles. The largest absolute Gasteiger partial charge is 0.372 e. The van der Waals surface area contributed by atoms with Crippen LogP contribution >= 0.6 is 11.6 Å². The number of nitrogens with two attached hydrogens (primary N) is 1. The molecule has 7 nitrogen and oxygen atoms in total. The molecule has 4 N–H and O–H groups in total. The van der Waals surface area contributed by atoms with Gasteiger partial charge in [-0.05, 0) is 45.0 Å². The number of amides is 1. The van der Waals surface area contributed by atoms with Crippen LogP contribution in [-0.2, 0) is 9.53 Å². The summed E-state index contributed by atoms with van der Waals surface area (Å²) in [7, 11) is 0. The second-order valence-electron chi connectivity index (χ2n) is 8.38. The Hall–Kier alpha value is -2.19. The van der Waals surface area contributed by atoms with E-state index in [9.17, 15) is 4.79 Å². The minimum absolute atomic E-state index is 0.0424. The van der Waals surface area contributed by atoms with Crippen molar-refractivity contribution in [3.8, 4) is 0 Å². The maximum Gasteiger partial charge on any atom is 0.245 e. The predicted octanol–water partition coefficient (Wildman–Crippen LogP) is 3.13. The van der Waals surface area contributed by atoms with Gasteiger partial charge in [-0.3, -0.25) is 9.69 Å². The molecule has 154 valence electrons. The Morgan fingerprint density at radius 3 is 3.00 bits per heavy atom. The van der Waals surface area contributed by atoms with Crippen LogP contribution in [0.3, 0.4) is 0 Å². The number of carbonyl (C=O) groups excluding carboxylic acids is 1. The van der Waals surface area contributed by atoms with E-state index >= 15 is 0 Å². The Morgan fingerprint density at radius 1 is 1.45 bits per heavy atom. The van der Waals surface area contributed by atoms with Gasteiger partial charge in [0, 0.05) is 46.6 Å². The van der Waals surface area contributed by atoms with Gasteiger partial charge >= 0.3 is 0 Å². The molecule has 1 aliphatic heterocycles. The topological polar surface area (TPSA) is 96.3 Å². The first-order valence-corrected chi connectivity index (χ1v) is 10.1. The molecule has 8 heteroatoms. The monoisotopic (exact) mass is 415 g/mol. The number of rotatable bonds is 4. The number of ether oxygens (including phenoxy) is 1. The van der Waals surface area contributed by atoms with Crippen LogP contribution in [0.5, 0.6) is 0 Å². The van der Waals surface area contributed by atoms with Crippen molar-refractivity contribution in [2.75, 3.05) is 25.0 Å². The number of carbonyl (C=O) groups is 1. The summed E-state index contributed by atoms with van der Waals surface area (Å²) >= 11 is 6.15. The lowest BCUT2D eigenvalue weighted by Gasteiger charge is -2.43. The van der Waals surface area contributed by atoms with E-state index in [0.717, 1.165) is 21.8 Å². The summed E-state index contributed by atoms with van der Waals surface area (Å²) in [6.45, 7) is 7.54. The predicted molar refractivity (Wildman–Crippen MR) is 116 cm³/mol. The van der Waals surface area contributed by atoms with Gasteiger partial charge in [-0.1, -0.05) is 11.6 Å². The van der Waals surface area contributed by atoms with Crippen LogP contribution in [0.1, 0.15) is 20.8 Å². The molecule has 2 atom stereocenters. The SMILES string of the molecule is CC(N)CN1CC(C)(C)OCC1C(=O)Nc1nccc2c1[nH]c1ccc(Cl)cc12. The highest BCUT2D eigenvalue weighted by atomic mass is 35.5. The van der Waals surface area contributed by atoms with E-state index in [1.54, 1.807) is 6.20 Å². The number of pyridine rings is 1. The lowest BCUT2D eigenvalue weighted by atomic mass is 10.0. The number of aromatic nitrogens is 2. The second-order valence-corrected chi connectivity index (χ2v) is 8.82. The average molecular weight is 416 g/mol. The molecule has 0 bridgehead atoms. The number of halogens is 1. The van der Waals surface area contributed by atoms with Crippen molar-refractivity contribution >= 4 is 45.1 Å². The Labute approximate surface area is 174 Å². The normalized spacial score (nSPS) is 20.8. The number of nitrogens with zero attached hydrogens (tertiary/aromatic N) is 2. The standard InChI is InChI=1S/C21H26ClN5O2/c1-12(23)9-27-11-21(2,3)29-10-17(27)20(28)26-19-18-14(6-7-24-19)15-8-13(22)4-5-16(15)25-18/h4-8,12,17,25H,9-11,23H2,1-3H3,(H,24,26,28). The number of morpholine rings is 1. The molecule has 29 heavy (non-hydrogen) atoms. The zero-order chi connectivity index (χ0) is 20.8. The molecule has 0 radical (unpaired) electrons. The molecule has 1 saturated heterocycles. The van der Waals surface area contributed by atoms with E-state index in [2.05, 4.69) is 20.2 Å². The number of anilines is 1. The van der Waals surface area contributed by atoms with Gasteiger partial charge in [0.25, 0.3) is 0 Å². The van der Waals surface area contributed by atoms with Crippen LogP contribution in [0.15, 0.2) is 30.5 Å². The van der Waals surface area contributed by atoms with Gasteiger partial charge in [-0.15, -0.1) is 0 Å². The van der Waals surface area contributed by atoms with E-state index in [4.69, 9.17) is 22.1 Å². The van der Waals surface area contributed by atoms with Crippen LogP contribution in [0, 0.1) is 0 Å². The first kappa shape index (κ1) is 20.1. The Bertz CT molecular complexity index is 1060. The van der Waals surface area contributed by atoms with Crippen molar-refractivity contribution in [3.63, 3.8) is 0 Å². The second kappa shape index (κ2) is 7.57. The van der Waals surface area contributed by atoms with Crippen molar-refractivity contribution in [2.45, 2.75) is 38.5 Å². The summed E-state index contributed by atoms with van der Waals surface area (Å²) in [4.78, 5) is 23.0. The lowest BCUT2D eigenvalue weighted by Crippen LogP contribution is -2.60. The van der Waals surface area contributed by atoms with Gasteiger partial charge in [0.15, 0.2) is 5.82 Å². The molecule has 2 aromatic heterocycles. The summed E-state index contributed by atoms with van der Waals surface area (Å²) in [5, 5.41) is 5.60. The minimum Gasteiger partial charge on any atom is -0.372 e. The Kier molecular flexibility index (Phi) is 5.25. The van der Waals surface area contributed by atoms with Gasteiger partial charge in [-0.2, -0.15) is 0 Å². The van der Waals surface area contributed by atoms with Crippen molar-refractivity contribution < 1.29 is 9.53 Å². The summed E-state index contributed by atoms with van der Waals surface area (Å²) < 4.78 is 5.91. The van der Waals surface area contributed by atoms with Crippen molar-refractivity contribution in [2.24, 2.45) is 5.73 Å². The molecule has 1 fully saturated rings. The van der Waals surface area contributed by atoms with E-state index in [-0.39, 0.29) is 17.6 Å². The quantitative estimate of drug-likeness (QED) is 0.608. The molecule has 4 rings (SSSR count). The zero-order valence-electron chi connectivity index (χ0n) is 16.8. The highest BCUT2D eigenvalue weighted by Crippen LogP contribution is 2.31. The smallest absolute Gasteiger partial charge is 0.245 e. The van der Waals surface area contributed by atoms with Gasteiger partial charge < -0.3 is 20.8 Å². The fourth-order valence-corrected chi connectivity index (χ4v) is 4.12. The van der Waals surface area contributed by atoms with Gasteiger partial charge in [-0.25, -0.2) is 4.98 Å². The van der Waals surface area contributed by atoms with Crippen molar-refractivity contribution in [1.29, 1.82) is 0 Å². The number of hydrogen-bond donors (Lipinski definition) is 3. The molecule has 3 aromatic rings. The number of nitrogens with one attached hydrogen (secondary N) is 2. The summed E-state index contributed by atoms with van der Waals surface area (Å²) in [6, 6.07) is 7.10. The number of hydrogen-bond acceptors (Lipinski definition) is 5. The van der Waals surface area contributed by atoms with Gasteiger partial charge in [0.2, 0.25) is 5.91 Å². The maximum atomic E-state index is 13.1. The molecular weight excluding hydrogens is 390 g/mol. The Balaban J connectivity index is 1.63. The highest BCUT2D eigenvalue weighted by Gasteiger charge is 2.38.